The van der Waals surface area contributed by atoms with Crippen LogP contribution in [0, 0.1) is 0 Å². The minimum Gasteiger partial charge on any atom is -0.341 e. The molecule has 0 bridgehead atoms. The van der Waals surface area contributed by atoms with E-state index in [1.165, 1.54) is 11.3 Å². The number of fused-ring (bicyclic) bond motifs is 3. The molecule has 0 unspecified atom stereocenters. The van der Waals surface area contributed by atoms with Gasteiger partial charge in [0.1, 0.15) is 5.82 Å². The molecule has 1 aliphatic heterocycles. The van der Waals surface area contributed by atoms with Crippen molar-refractivity contribution in [2.24, 2.45) is 0 Å². The van der Waals surface area contributed by atoms with Crippen LogP contribution in [0.25, 0.3) is 5.69 Å². The van der Waals surface area contributed by atoms with E-state index in [0.29, 0.717) is 0 Å². The molecule has 0 amide bonds. The average molecular weight is 242 g/mol. The topological polar surface area (TPSA) is 34.0 Å². The van der Waals surface area contributed by atoms with Gasteiger partial charge in [-0.05, 0) is 31.9 Å². The van der Waals surface area contributed by atoms with Crippen molar-refractivity contribution in [3.05, 3.63) is 35.7 Å². The molecule has 4 heteroatoms. The zero-order valence-electron chi connectivity index (χ0n) is 10.9. The molecule has 0 fully saturated rings. The Bertz CT molecular complexity index is 555. The van der Waals surface area contributed by atoms with Crippen molar-refractivity contribution >= 4 is 5.95 Å². The first-order chi connectivity index (χ1) is 8.85. The van der Waals surface area contributed by atoms with Crippen LogP contribution in [0.15, 0.2) is 24.3 Å². The van der Waals surface area contributed by atoms with Gasteiger partial charge in [-0.15, -0.1) is 10.2 Å². The van der Waals surface area contributed by atoms with Crippen LogP contribution >= 0.6 is 0 Å². The van der Waals surface area contributed by atoms with Crippen molar-refractivity contribution in [2.45, 2.75) is 26.7 Å². The van der Waals surface area contributed by atoms with Crippen LogP contribution in [0.2, 0.25) is 0 Å². The van der Waals surface area contributed by atoms with Crippen molar-refractivity contribution in [1.82, 2.24) is 14.8 Å². The van der Waals surface area contributed by atoms with Gasteiger partial charge in [0.25, 0.3) is 0 Å². The maximum atomic E-state index is 4.38. The normalized spacial score (nSPS) is 13.0. The summed E-state index contributed by atoms with van der Waals surface area (Å²) < 4.78 is 2.21. The second-order valence-corrected chi connectivity index (χ2v) is 4.55. The number of benzene rings is 1. The molecule has 0 atom stereocenters. The Morgan fingerprint density at radius 3 is 2.67 bits per heavy atom. The number of aromatic nitrogens is 3. The van der Waals surface area contributed by atoms with Gasteiger partial charge in [-0.1, -0.05) is 18.2 Å². The van der Waals surface area contributed by atoms with E-state index >= 15 is 0 Å². The zero-order chi connectivity index (χ0) is 12.5. The summed E-state index contributed by atoms with van der Waals surface area (Å²) in [6.45, 7) is 6.22. The van der Waals surface area contributed by atoms with Gasteiger partial charge in [-0.2, -0.15) is 0 Å². The Balaban J connectivity index is 2.16. The molecule has 3 rings (SSSR count). The second kappa shape index (κ2) is 4.44. The van der Waals surface area contributed by atoms with Crippen molar-refractivity contribution in [3.8, 4) is 5.69 Å². The molecule has 0 N–H and O–H groups in total. The average Bonchev–Trinajstić information content (AvgIpc) is 2.85. The summed E-state index contributed by atoms with van der Waals surface area (Å²) in [5.74, 6) is 2.05. The Labute approximate surface area is 107 Å². The van der Waals surface area contributed by atoms with Gasteiger partial charge in [-0.3, -0.25) is 4.57 Å². The largest absolute Gasteiger partial charge is 0.341 e. The van der Waals surface area contributed by atoms with Crippen molar-refractivity contribution in [2.75, 3.05) is 18.0 Å². The van der Waals surface area contributed by atoms with E-state index in [1.54, 1.807) is 0 Å². The molecule has 1 aliphatic rings. The second-order valence-electron chi connectivity index (χ2n) is 4.55. The van der Waals surface area contributed by atoms with E-state index in [9.17, 15) is 0 Å². The molecule has 1 aromatic heterocycles. The number of hydrogen-bond acceptors (Lipinski definition) is 3. The fourth-order valence-electron chi connectivity index (χ4n) is 2.61. The molecule has 4 nitrogen and oxygen atoms in total. The van der Waals surface area contributed by atoms with Gasteiger partial charge in [0.2, 0.25) is 5.95 Å². The quantitative estimate of drug-likeness (QED) is 0.827. The van der Waals surface area contributed by atoms with E-state index in [0.717, 1.165) is 37.7 Å². The van der Waals surface area contributed by atoms with Crippen LogP contribution in [0.1, 0.15) is 25.2 Å². The van der Waals surface area contributed by atoms with Gasteiger partial charge in [0.05, 0.1) is 5.69 Å². The van der Waals surface area contributed by atoms with Crippen molar-refractivity contribution < 1.29 is 0 Å². The number of rotatable bonds is 3. The Morgan fingerprint density at radius 1 is 1.11 bits per heavy atom. The SMILES string of the molecule is CCN(CC)c1nnc2n1-c1ccccc1CC2. The van der Waals surface area contributed by atoms with Crippen LogP contribution in [0.3, 0.4) is 0 Å². The Morgan fingerprint density at radius 2 is 1.89 bits per heavy atom. The highest BCUT2D eigenvalue weighted by Crippen LogP contribution is 2.28. The highest BCUT2D eigenvalue weighted by molar-refractivity contribution is 5.51. The number of aryl methyl sites for hydroxylation is 2. The third-order valence-electron chi connectivity index (χ3n) is 3.61. The number of nitrogens with zero attached hydrogens (tertiary/aromatic N) is 4. The molecule has 0 saturated heterocycles. The van der Waals surface area contributed by atoms with Crippen LogP contribution < -0.4 is 4.90 Å². The van der Waals surface area contributed by atoms with Gasteiger partial charge in [-0.25, -0.2) is 0 Å². The molecule has 0 aliphatic carbocycles. The predicted molar refractivity (Wildman–Crippen MR) is 72.3 cm³/mol. The van der Waals surface area contributed by atoms with Gasteiger partial charge in [0, 0.05) is 19.5 Å². The Hall–Kier alpha value is -1.84. The maximum absolute atomic E-state index is 4.38. The Kier molecular flexibility index (Phi) is 2.78. The molecule has 18 heavy (non-hydrogen) atoms. The van der Waals surface area contributed by atoms with Crippen molar-refractivity contribution in [3.63, 3.8) is 0 Å². The van der Waals surface area contributed by atoms with E-state index in [4.69, 9.17) is 0 Å². The summed E-state index contributed by atoms with van der Waals surface area (Å²) in [5.41, 5.74) is 2.63. The minimum absolute atomic E-state index is 0.955. The van der Waals surface area contributed by atoms with Crippen molar-refractivity contribution in [1.29, 1.82) is 0 Å². The standard InChI is InChI=1S/C14H18N4/c1-3-17(4-2)14-16-15-13-10-9-11-7-5-6-8-12(11)18(13)14/h5-8H,3-4,9-10H2,1-2H3. The van der Waals surface area contributed by atoms with E-state index in [1.807, 2.05) is 0 Å². The van der Waals surface area contributed by atoms with E-state index in [-0.39, 0.29) is 0 Å². The summed E-state index contributed by atoms with van der Waals surface area (Å²) in [4.78, 5) is 2.25. The van der Waals surface area contributed by atoms with Crippen LogP contribution in [0.5, 0.6) is 0 Å². The molecule has 2 aromatic rings. The molecule has 0 saturated carbocycles. The fraction of sp³-hybridized carbons (Fsp3) is 0.429. The smallest absolute Gasteiger partial charge is 0.231 e. The molecular weight excluding hydrogens is 224 g/mol. The first kappa shape index (κ1) is 11.3. The number of hydrogen-bond donors (Lipinski definition) is 0. The molecular formula is C14H18N4. The van der Waals surface area contributed by atoms with E-state index < -0.39 is 0 Å². The molecule has 0 spiro atoms. The first-order valence-corrected chi connectivity index (χ1v) is 6.62. The third kappa shape index (κ3) is 1.60. The third-order valence-corrected chi connectivity index (χ3v) is 3.61. The van der Waals surface area contributed by atoms with Crippen LogP contribution in [0.4, 0.5) is 5.95 Å². The van der Waals surface area contributed by atoms with Gasteiger partial charge >= 0.3 is 0 Å². The number of para-hydroxylation sites is 1. The fourth-order valence-corrected chi connectivity index (χ4v) is 2.61. The van der Waals surface area contributed by atoms with E-state index in [2.05, 4.69) is 57.8 Å². The summed E-state index contributed by atoms with van der Waals surface area (Å²) in [5, 5.41) is 8.72. The lowest BCUT2D eigenvalue weighted by Crippen LogP contribution is -2.26. The van der Waals surface area contributed by atoms with Crippen LogP contribution in [-0.2, 0) is 12.8 Å². The van der Waals surface area contributed by atoms with Gasteiger partial charge < -0.3 is 4.90 Å². The highest BCUT2D eigenvalue weighted by atomic mass is 15.4. The predicted octanol–water partition coefficient (Wildman–Crippen LogP) is 2.21. The lowest BCUT2D eigenvalue weighted by atomic mass is 10.0. The highest BCUT2D eigenvalue weighted by Gasteiger charge is 2.22. The molecule has 94 valence electrons. The summed E-state index contributed by atoms with van der Waals surface area (Å²) in [6, 6.07) is 8.55. The molecule has 1 aromatic carbocycles. The first-order valence-electron chi connectivity index (χ1n) is 6.62. The lowest BCUT2D eigenvalue weighted by Gasteiger charge is -2.24. The van der Waals surface area contributed by atoms with Gasteiger partial charge in [0.15, 0.2) is 0 Å². The van der Waals surface area contributed by atoms with Crippen LogP contribution in [-0.4, -0.2) is 27.9 Å². The maximum Gasteiger partial charge on any atom is 0.231 e. The molecule has 2 heterocycles. The molecule has 0 radical (unpaired) electrons. The summed E-state index contributed by atoms with van der Waals surface area (Å²) >= 11 is 0. The number of anilines is 1. The summed E-state index contributed by atoms with van der Waals surface area (Å²) in [7, 11) is 0. The summed E-state index contributed by atoms with van der Waals surface area (Å²) in [6.07, 6.45) is 2.04. The minimum atomic E-state index is 0.955. The zero-order valence-corrected chi connectivity index (χ0v) is 10.9. The lowest BCUT2D eigenvalue weighted by molar-refractivity contribution is 0.752. The monoisotopic (exact) mass is 242 g/mol.